The lowest BCUT2D eigenvalue weighted by Crippen LogP contribution is -2.24. The minimum absolute atomic E-state index is 0.0430. The molecule has 4 rings (SSSR count). The van der Waals surface area contributed by atoms with E-state index in [4.69, 9.17) is 9.26 Å². The first-order valence-corrected chi connectivity index (χ1v) is 8.59. The smallest absolute Gasteiger partial charge is 0.258 e. The summed E-state index contributed by atoms with van der Waals surface area (Å²) in [6, 6.07) is 11.5. The highest BCUT2D eigenvalue weighted by Gasteiger charge is 2.34. The summed E-state index contributed by atoms with van der Waals surface area (Å²) in [6.07, 6.45) is 0.290. The number of hydrogen-bond acceptors (Lipinski definition) is 5. The van der Waals surface area contributed by atoms with Gasteiger partial charge in [-0.05, 0) is 55.0 Å². The molecule has 0 radical (unpaired) electrons. The van der Waals surface area contributed by atoms with E-state index < -0.39 is 0 Å². The molecule has 0 aliphatic carbocycles. The Bertz CT molecular complexity index is 984. The Labute approximate surface area is 155 Å². The Balaban J connectivity index is 1.55. The Morgan fingerprint density at radius 3 is 2.70 bits per heavy atom. The molecular weight excluding hydrogens is 349 g/mol. The molecular formula is C20H18FN3O3. The third-order valence-corrected chi connectivity index (χ3v) is 4.73. The molecule has 6 nitrogen and oxygen atoms in total. The molecule has 7 heteroatoms. The van der Waals surface area contributed by atoms with Gasteiger partial charge >= 0.3 is 0 Å². The van der Waals surface area contributed by atoms with E-state index in [0.717, 1.165) is 16.9 Å². The molecule has 0 unspecified atom stereocenters. The Hall–Kier alpha value is -3.22. The van der Waals surface area contributed by atoms with Crippen LogP contribution in [0.25, 0.3) is 11.5 Å². The molecule has 1 aliphatic heterocycles. The van der Waals surface area contributed by atoms with Crippen LogP contribution in [0.15, 0.2) is 47.0 Å². The maximum Gasteiger partial charge on any atom is 0.258 e. The standard InChI is InChI=1S/C20H18FN3O3/c1-12-9-16(26-2)7-8-17(12)20-22-19(23-27-20)13-10-18(25)24(11-13)15-5-3-14(21)4-6-15/h3-9,13H,10-11H2,1-2H3/t13-/m1/s1. The van der Waals surface area contributed by atoms with Gasteiger partial charge in [-0.25, -0.2) is 4.39 Å². The molecule has 1 atom stereocenters. The van der Waals surface area contributed by atoms with Gasteiger partial charge in [-0.15, -0.1) is 0 Å². The lowest BCUT2D eigenvalue weighted by atomic mass is 10.1. The number of aromatic nitrogens is 2. The fraction of sp³-hybridized carbons (Fsp3) is 0.250. The first-order valence-electron chi connectivity index (χ1n) is 8.59. The summed E-state index contributed by atoms with van der Waals surface area (Å²) in [5.74, 6) is 1.13. The fourth-order valence-electron chi connectivity index (χ4n) is 3.26. The van der Waals surface area contributed by atoms with E-state index in [0.29, 0.717) is 23.9 Å². The summed E-state index contributed by atoms with van der Waals surface area (Å²) < 4.78 is 23.8. The van der Waals surface area contributed by atoms with E-state index in [1.165, 1.54) is 12.1 Å². The fourth-order valence-corrected chi connectivity index (χ4v) is 3.26. The number of benzene rings is 2. The minimum atomic E-state index is -0.334. The third kappa shape index (κ3) is 3.28. The maximum absolute atomic E-state index is 13.1. The Morgan fingerprint density at radius 1 is 1.22 bits per heavy atom. The molecule has 1 aliphatic rings. The zero-order valence-corrected chi connectivity index (χ0v) is 15.0. The van der Waals surface area contributed by atoms with Crippen LogP contribution in [0.1, 0.15) is 23.7 Å². The van der Waals surface area contributed by atoms with Gasteiger partial charge < -0.3 is 14.2 Å². The number of methoxy groups -OCH3 is 1. The monoisotopic (exact) mass is 367 g/mol. The normalized spacial score (nSPS) is 16.8. The van der Waals surface area contributed by atoms with Crippen molar-refractivity contribution in [1.82, 2.24) is 10.1 Å². The molecule has 0 saturated carbocycles. The van der Waals surface area contributed by atoms with Crippen molar-refractivity contribution in [2.45, 2.75) is 19.3 Å². The Kier molecular flexibility index (Phi) is 4.35. The number of nitrogens with zero attached hydrogens (tertiary/aromatic N) is 3. The number of amides is 1. The van der Waals surface area contributed by atoms with Gasteiger partial charge in [0, 0.05) is 30.1 Å². The average Bonchev–Trinajstić information content (AvgIpc) is 3.29. The second-order valence-electron chi connectivity index (χ2n) is 6.52. The highest BCUT2D eigenvalue weighted by molar-refractivity contribution is 5.96. The number of ether oxygens (including phenoxy) is 1. The topological polar surface area (TPSA) is 68.5 Å². The molecule has 3 aromatic rings. The van der Waals surface area contributed by atoms with Gasteiger partial charge in [0.1, 0.15) is 11.6 Å². The third-order valence-electron chi connectivity index (χ3n) is 4.73. The van der Waals surface area contributed by atoms with Crippen LogP contribution in [0, 0.1) is 12.7 Å². The number of carbonyl (C=O) groups excluding carboxylic acids is 1. The predicted octanol–water partition coefficient (Wildman–Crippen LogP) is 3.71. The highest BCUT2D eigenvalue weighted by atomic mass is 19.1. The maximum atomic E-state index is 13.1. The van der Waals surface area contributed by atoms with Crippen LogP contribution in [0.2, 0.25) is 0 Å². The number of halogens is 1. The zero-order valence-electron chi connectivity index (χ0n) is 15.0. The summed E-state index contributed by atoms with van der Waals surface area (Å²) >= 11 is 0. The average molecular weight is 367 g/mol. The van der Waals surface area contributed by atoms with Gasteiger partial charge in [-0.2, -0.15) is 4.98 Å². The summed E-state index contributed by atoms with van der Waals surface area (Å²) in [5.41, 5.74) is 2.45. The molecule has 0 N–H and O–H groups in total. The molecule has 1 aromatic heterocycles. The van der Waals surface area contributed by atoms with Gasteiger partial charge in [0.2, 0.25) is 5.91 Å². The molecule has 1 saturated heterocycles. The lowest BCUT2D eigenvalue weighted by molar-refractivity contribution is -0.117. The molecule has 1 amide bonds. The van der Waals surface area contributed by atoms with Crippen LogP contribution in [0.5, 0.6) is 5.75 Å². The predicted molar refractivity (Wildman–Crippen MR) is 97.1 cm³/mol. The van der Waals surface area contributed by atoms with Gasteiger partial charge in [0.25, 0.3) is 5.89 Å². The second kappa shape index (κ2) is 6.83. The highest BCUT2D eigenvalue weighted by Crippen LogP contribution is 2.32. The summed E-state index contributed by atoms with van der Waals surface area (Å²) in [7, 11) is 1.61. The van der Waals surface area contributed by atoms with Crippen molar-refractivity contribution in [2.75, 3.05) is 18.6 Å². The Morgan fingerprint density at radius 2 is 2.00 bits per heavy atom. The summed E-state index contributed by atoms with van der Waals surface area (Å²) in [4.78, 5) is 18.5. The molecule has 138 valence electrons. The van der Waals surface area contributed by atoms with Crippen molar-refractivity contribution in [2.24, 2.45) is 0 Å². The molecule has 2 aromatic carbocycles. The van der Waals surface area contributed by atoms with Crippen molar-refractivity contribution >= 4 is 11.6 Å². The van der Waals surface area contributed by atoms with Crippen LogP contribution in [0.4, 0.5) is 10.1 Å². The lowest BCUT2D eigenvalue weighted by Gasteiger charge is -2.15. The van der Waals surface area contributed by atoms with Gasteiger partial charge in [0.15, 0.2) is 5.82 Å². The molecule has 2 heterocycles. The minimum Gasteiger partial charge on any atom is -0.497 e. The van der Waals surface area contributed by atoms with Gasteiger partial charge in [-0.3, -0.25) is 4.79 Å². The number of rotatable bonds is 4. The van der Waals surface area contributed by atoms with Crippen LogP contribution in [0.3, 0.4) is 0 Å². The largest absolute Gasteiger partial charge is 0.497 e. The zero-order chi connectivity index (χ0) is 19.0. The van der Waals surface area contributed by atoms with Crippen molar-refractivity contribution in [3.63, 3.8) is 0 Å². The number of hydrogen-bond donors (Lipinski definition) is 0. The number of aryl methyl sites for hydroxylation is 1. The molecule has 27 heavy (non-hydrogen) atoms. The SMILES string of the molecule is COc1ccc(-c2nc([C@@H]3CC(=O)N(c4ccc(F)cc4)C3)no2)c(C)c1. The van der Waals surface area contributed by atoms with E-state index in [9.17, 15) is 9.18 Å². The van der Waals surface area contributed by atoms with E-state index in [2.05, 4.69) is 10.1 Å². The van der Waals surface area contributed by atoms with E-state index in [1.54, 1.807) is 24.1 Å². The van der Waals surface area contributed by atoms with Crippen LogP contribution < -0.4 is 9.64 Å². The van der Waals surface area contributed by atoms with Crippen molar-refractivity contribution in [3.8, 4) is 17.2 Å². The van der Waals surface area contributed by atoms with Crippen molar-refractivity contribution in [3.05, 3.63) is 59.7 Å². The molecule has 1 fully saturated rings. The van der Waals surface area contributed by atoms with Crippen molar-refractivity contribution < 1.29 is 18.4 Å². The summed E-state index contributed by atoms with van der Waals surface area (Å²) in [6.45, 7) is 2.38. The van der Waals surface area contributed by atoms with Crippen LogP contribution in [-0.2, 0) is 4.79 Å². The number of carbonyl (C=O) groups is 1. The first-order chi connectivity index (χ1) is 13.0. The summed E-state index contributed by atoms with van der Waals surface area (Å²) in [5, 5.41) is 4.08. The van der Waals surface area contributed by atoms with Crippen molar-refractivity contribution in [1.29, 1.82) is 0 Å². The van der Waals surface area contributed by atoms with Crippen LogP contribution in [-0.4, -0.2) is 29.7 Å². The van der Waals surface area contributed by atoms with Crippen LogP contribution >= 0.6 is 0 Å². The number of anilines is 1. The van der Waals surface area contributed by atoms with Gasteiger partial charge in [-0.1, -0.05) is 5.16 Å². The van der Waals surface area contributed by atoms with E-state index >= 15 is 0 Å². The van der Waals surface area contributed by atoms with Gasteiger partial charge in [0.05, 0.1) is 7.11 Å². The van der Waals surface area contributed by atoms with E-state index in [1.807, 2.05) is 25.1 Å². The molecule has 0 bridgehead atoms. The quantitative estimate of drug-likeness (QED) is 0.703. The molecule has 0 spiro atoms. The second-order valence-corrected chi connectivity index (χ2v) is 6.52. The first kappa shape index (κ1) is 17.2. The van der Waals surface area contributed by atoms with E-state index in [-0.39, 0.29) is 24.1 Å².